The van der Waals surface area contributed by atoms with Crippen molar-refractivity contribution in [2.45, 2.75) is 50.2 Å². The average Bonchev–Trinajstić information content (AvgIpc) is 2.88. The average molecular weight is 449 g/mol. The van der Waals surface area contributed by atoms with Gasteiger partial charge < -0.3 is 28.8 Å². The maximum absolute atomic E-state index is 11.3. The molecule has 0 amide bonds. The molecule has 5 rings (SSSR count). The standard InChI is InChI=1S/C27H28O6/c28-23-24-22(18-31-26(33-24)21-14-8-3-9-15-21)32-27(30-17-20-12-6-2-7-13-20)25(23)29-16-19-10-4-1-5-11-19/h1-15,22-28H,16-18H2. The van der Waals surface area contributed by atoms with Gasteiger partial charge in [-0.25, -0.2) is 0 Å². The lowest BCUT2D eigenvalue weighted by molar-refractivity contribution is -0.368. The number of fused-ring (bicyclic) bond motifs is 1. The van der Waals surface area contributed by atoms with E-state index in [1.54, 1.807) is 0 Å². The number of ether oxygens (including phenoxy) is 5. The van der Waals surface area contributed by atoms with Crippen LogP contribution in [0.4, 0.5) is 0 Å². The zero-order valence-electron chi connectivity index (χ0n) is 18.2. The molecular weight excluding hydrogens is 420 g/mol. The Morgan fingerprint density at radius 2 is 1.30 bits per heavy atom. The Bertz CT molecular complexity index is 983. The predicted molar refractivity (Wildman–Crippen MR) is 121 cm³/mol. The molecule has 3 aromatic rings. The second kappa shape index (κ2) is 10.6. The molecule has 6 unspecified atom stereocenters. The van der Waals surface area contributed by atoms with E-state index in [0.717, 1.165) is 16.7 Å². The Balaban J connectivity index is 1.31. The number of rotatable bonds is 7. The van der Waals surface area contributed by atoms with Crippen LogP contribution >= 0.6 is 0 Å². The van der Waals surface area contributed by atoms with Crippen molar-refractivity contribution in [3.63, 3.8) is 0 Å². The van der Waals surface area contributed by atoms with Gasteiger partial charge in [0.25, 0.3) is 0 Å². The number of aliphatic hydroxyl groups is 1. The molecule has 0 aliphatic carbocycles. The van der Waals surface area contributed by atoms with E-state index >= 15 is 0 Å². The van der Waals surface area contributed by atoms with Crippen LogP contribution in [0.1, 0.15) is 23.0 Å². The van der Waals surface area contributed by atoms with Gasteiger partial charge >= 0.3 is 0 Å². The lowest BCUT2D eigenvalue weighted by Crippen LogP contribution is -2.62. The number of benzene rings is 3. The third-order valence-corrected chi connectivity index (χ3v) is 5.92. The van der Waals surface area contributed by atoms with Gasteiger partial charge in [0.2, 0.25) is 0 Å². The van der Waals surface area contributed by atoms with Crippen molar-refractivity contribution >= 4 is 0 Å². The molecule has 0 spiro atoms. The van der Waals surface area contributed by atoms with Gasteiger partial charge in [-0.1, -0.05) is 91.0 Å². The van der Waals surface area contributed by atoms with Crippen LogP contribution in [-0.2, 0) is 36.9 Å². The molecule has 2 aliphatic heterocycles. The monoisotopic (exact) mass is 448 g/mol. The van der Waals surface area contributed by atoms with Gasteiger partial charge in [0.05, 0.1) is 19.8 Å². The van der Waals surface area contributed by atoms with Gasteiger partial charge in [-0.2, -0.15) is 0 Å². The first kappa shape index (κ1) is 22.2. The molecule has 6 atom stereocenters. The first-order valence-corrected chi connectivity index (χ1v) is 11.2. The fraction of sp³-hybridized carbons (Fsp3) is 0.333. The number of hydrogen-bond donors (Lipinski definition) is 1. The fourth-order valence-electron chi connectivity index (χ4n) is 4.18. The Morgan fingerprint density at radius 3 is 1.94 bits per heavy atom. The Kier molecular flexibility index (Phi) is 7.12. The van der Waals surface area contributed by atoms with Gasteiger partial charge in [0.15, 0.2) is 12.6 Å². The van der Waals surface area contributed by atoms with Crippen LogP contribution in [-0.4, -0.2) is 42.4 Å². The van der Waals surface area contributed by atoms with Gasteiger partial charge in [-0.3, -0.25) is 0 Å². The summed E-state index contributed by atoms with van der Waals surface area (Å²) in [5, 5.41) is 11.3. The second-order valence-corrected chi connectivity index (χ2v) is 8.27. The fourth-order valence-corrected chi connectivity index (χ4v) is 4.18. The molecule has 0 bridgehead atoms. The first-order chi connectivity index (χ1) is 16.3. The van der Waals surface area contributed by atoms with Crippen LogP contribution in [0.2, 0.25) is 0 Å². The molecule has 172 valence electrons. The number of hydrogen-bond acceptors (Lipinski definition) is 6. The van der Waals surface area contributed by atoms with E-state index in [4.69, 9.17) is 23.7 Å². The van der Waals surface area contributed by atoms with E-state index in [2.05, 4.69) is 0 Å². The first-order valence-electron chi connectivity index (χ1n) is 11.2. The third-order valence-electron chi connectivity index (χ3n) is 5.92. The van der Waals surface area contributed by atoms with Crippen molar-refractivity contribution in [2.24, 2.45) is 0 Å². The van der Waals surface area contributed by atoms with Gasteiger partial charge in [0, 0.05) is 5.56 Å². The highest BCUT2D eigenvalue weighted by molar-refractivity contribution is 5.17. The van der Waals surface area contributed by atoms with Crippen LogP contribution in [0.15, 0.2) is 91.0 Å². The second-order valence-electron chi connectivity index (χ2n) is 8.27. The molecule has 2 aliphatic rings. The molecule has 3 aromatic carbocycles. The summed E-state index contributed by atoms with van der Waals surface area (Å²) in [6.07, 6.45) is -4.04. The Morgan fingerprint density at radius 1 is 0.727 bits per heavy atom. The Labute approximate surface area is 193 Å². The summed E-state index contributed by atoms with van der Waals surface area (Å²) in [6, 6.07) is 29.4. The lowest BCUT2D eigenvalue weighted by Gasteiger charge is -2.47. The van der Waals surface area contributed by atoms with Gasteiger partial charge in [-0.05, 0) is 11.1 Å². The van der Waals surface area contributed by atoms with Crippen LogP contribution in [0.25, 0.3) is 0 Å². The zero-order chi connectivity index (χ0) is 22.5. The topological polar surface area (TPSA) is 66.4 Å². The molecule has 2 fully saturated rings. The summed E-state index contributed by atoms with van der Waals surface area (Å²) in [5.74, 6) is 0. The van der Waals surface area contributed by atoms with Crippen molar-refractivity contribution in [3.05, 3.63) is 108 Å². The minimum absolute atomic E-state index is 0.290. The normalized spacial score (nSPS) is 29.4. The molecular formula is C27H28O6. The smallest absolute Gasteiger partial charge is 0.187 e. The summed E-state index contributed by atoms with van der Waals surface area (Å²) < 4.78 is 30.5. The van der Waals surface area contributed by atoms with Crippen molar-refractivity contribution in [1.29, 1.82) is 0 Å². The lowest BCUT2D eigenvalue weighted by atomic mass is 9.97. The van der Waals surface area contributed by atoms with Crippen molar-refractivity contribution in [2.75, 3.05) is 6.61 Å². The predicted octanol–water partition coefficient (Wildman–Crippen LogP) is 3.99. The molecule has 1 N–H and O–H groups in total. The van der Waals surface area contributed by atoms with Crippen LogP contribution < -0.4 is 0 Å². The molecule has 0 radical (unpaired) electrons. The molecule has 6 nitrogen and oxygen atoms in total. The van der Waals surface area contributed by atoms with Crippen molar-refractivity contribution in [3.8, 4) is 0 Å². The van der Waals surface area contributed by atoms with Crippen LogP contribution in [0.3, 0.4) is 0 Å². The molecule has 0 aromatic heterocycles. The largest absolute Gasteiger partial charge is 0.387 e. The maximum Gasteiger partial charge on any atom is 0.187 e. The highest BCUT2D eigenvalue weighted by Gasteiger charge is 2.50. The van der Waals surface area contributed by atoms with E-state index < -0.39 is 37.0 Å². The summed E-state index contributed by atoms with van der Waals surface area (Å²) in [7, 11) is 0. The number of aliphatic hydroxyl groups excluding tert-OH is 1. The quantitative estimate of drug-likeness (QED) is 0.590. The summed E-state index contributed by atoms with van der Waals surface area (Å²) in [4.78, 5) is 0. The SMILES string of the molecule is OC1C2OC(c3ccccc3)OCC2OC(OCc2ccccc2)C1OCc1ccccc1. The highest BCUT2D eigenvalue weighted by atomic mass is 16.8. The molecule has 2 saturated heterocycles. The molecule has 33 heavy (non-hydrogen) atoms. The molecule has 6 heteroatoms. The molecule has 0 saturated carbocycles. The molecule has 2 heterocycles. The van der Waals surface area contributed by atoms with E-state index in [1.165, 1.54) is 0 Å². The zero-order valence-corrected chi connectivity index (χ0v) is 18.2. The minimum Gasteiger partial charge on any atom is -0.387 e. The van der Waals surface area contributed by atoms with Gasteiger partial charge in [0.1, 0.15) is 24.4 Å². The summed E-state index contributed by atoms with van der Waals surface area (Å²) in [6.45, 7) is 0.959. The van der Waals surface area contributed by atoms with Crippen molar-refractivity contribution in [1.82, 2.24) is 0 Å². The Hall–Kier alpha value is -2.58. The maximum atomic E-state index is 11.3. The van der Waals surface area contributed by atoms with E-state index in [9.17, 15) is 5.11 Å². The minimum atomic E-state index is -0.941. The van der Waals surface area contributed by atoms with Crippen LogP contribution in [0.5, 0.6) is 0 Å². The van der Waals surface area contributed by atoms with E-state index in [0.29, 0.717) is 13.2 Å². The van der Waals surface area contributed by atoms with Crippen molar-refractivity contribution < 1.29 is 28.8 Å². The summed E-state index contributed by atoms with van der Waals surface area (Å²) in [5.41, 5.74) is 2.91. The van der Waals surface area contributed by atoms with E-state index in [-0.39, 0.29) is 6.61 Å². The summed E-state index contributed by atoms with van der Waals surface area (Å²) >= 11 is 0. The highest BCUT2D eigenvalue weighted by Crippen LogP contribution is 2.35. The van der Waals surface area contributed by atoms with E-state index in [1.807, 2.05) is 91.0 Å². The van der Waals surface area contributed by atoms with Crippen LogP contribution in [0, 0.1) is 0 Å². The third kappa shape index (κ3) is 5.33. The van der Waals surface area contributed by atoms with Gasteiger partial charge in [-0.15, -0.1) is 0 Å².